The smallest absolute Gasteiger partial charge is 1.00 e. The fourth-order valence-corrected chi connectivity index (χ4v) is 0. The molecule has 5 heteroatoms. The summed E-state index contributed by atoms with van der Waals surface area (Å²) in [5.74, 6) is 0. The Morgan fingerprint density at radius 3 is 0.833 bits per heavy atom. The minimum Gasteiger partial charge on any atom is -1.00 e. The van der Waals surface area contributed by atoms with E-state index in [2.05, 4.69) is 6.79 Å². The van der Waals surface area contributed by atoms with Crippen molar-refractivity contribution < 1.29 is 96.2 Å². The fraction of sp³-hybridized carbons (Fsp3) is 0. The predicted molar refractivity (Wildman–Crippen MR) is 5.69 cm³/mol. The molecule has 0 aliphatic heterocycles. The predicted octanol–water partition coefficient (Wildman–Crippen LogP) is -9.39. The van der Waals surface area contributed by atoms with E-state index in [1.54, 1.807) is 0 Å². The first-order chi connectivity index (χ1) is 1.00. The number of hydrogen-bond donors (Lipinski definition) is 0. The summed E-state index contributed by atoms with van der Waals surface area (Å²) in [7, 11) is 0. The van der Waals surface area contributed by atoms with Crippen LogP contribution in [0.2, 0.25) is 0 Å². The second kappa shape index (κ2) is 51.0. The van der Waals surface area contributed by atoms with Crippen molar-refractivity contribution >= 4 is 6.79 Å². The first kappa shape index (κ1) is 39.2. The maximum atomic E-state index is 7.50. The van der Waals surface area contributed by atoms with Crippen LogP contribution in [0.5, 0.6) is 0 Å². The van der Waals surface area contributed by atoms with Gasteiger partial charge in [0.15, 0.2) is 0 Å². The van der Waals surface area contributed by atoms with Crippen LogP contribution in [0.1, 0.15) is 0 Å². The summed E-state index contributed by atoms with van der Waals surface area (Å²) in [5, 5.41) is 0. The fourth-order valence-electron chi connectivity index (χ4n) is 0. The van der Waals surface area contributed by atoms with Gasteiger partial charge in [-0.25, -0.2) is 0 Å². The molecule has 0 aromatic heterocycles. The third-order valence-electron chi connectivity index (χ3n) is 0. The molecule has 0 spiro atoms. The van der Waals surface area contributed by atoms with Crippen molar-refractivity contribution in [1.29, 1.82) is 0 Å². The van der Waals surface area contributed by atoms with Crippen LogP contribution < -0.4 is 71.9 Å². The minimum atomic E-state index is 0. The van der Waals surface area contributed by atoms with E-state index in [1.165, 1.54) is 0 Å². The molecule has 6 heavy (non-hydrogen) atoms. The molecule has 0 saturated carbocycles. The van der Waals surface area contributed by atoms with Gasteiger partial charge in [-0.2, -0.15) is 0 Å². The van der Waals surface area contributed by atoms with Gasteiger partial charge >= 0.3 is 19.5 Å². The third kappa shape index (κ3) is 31.6. The largest absolute Gasteiger partial charge is 3.00 e. The zero-order chi connectivity index (χ0) is 2.00. The van der Waals surface area contributed by atoms with E-state index in [-0.39, 0.29) is 91.4 Å². The zero-order valence-electron chi connectivity index (χ0n) is 2.38. The van der Waals surface area contributed by atoms with Gasteiger partial charge in [-0.1, -0.05) is 0 Å². The van der Waals surface area contributed by atoms with E-state index in [4.69, 9.17) is 4.79 Å². The molecule has 0 atom stereocenters. The number of rotatable bonds is 0. The molecule has 0 bridgehead atoms. The molecule has 2 radical (unpaired) electrons. The van der Waals surface area contributed by atoms with Crippen LogP contribution in [0.15, 0.2) is 0 Å². The second-order valence-electron chi connectivity index (χ2n) is 0. The van der Waals surface area contributed by atoms with Gasteiger partial charge in [0.05, 0.1) is 0 Å². The van der Waals surface area contributed by atoms with E-state index in [1.807, 2.05) is 0 Å². The van der Waals surface area contributed by atoms with Crippen LogP contribution in [-0.2, 0) is 24.3 Å². The zero-order valence-corrected chi connectivity index (χ0v) is 10.5. The molecular formula is CI3ORh. The molecule has 0 rings (SSSR count). The molecular weight excluding hydrogens is 512 g/mol. The Bertz CT molecular complexity index is 10.8. The Labute approximate surface area is 101 Å². The first-order valence-electron chi connectivity index (χ1n) is 0.204. The van der Waals surface area contributed by atoms with Gasteiger partial charge in [-0.3, -0.25) is 4.79 Å². The van der Waals surface area contributed by atoms with E-state index < -0.39 is 0 Å². The molecule has 0 unspecified atom stereocenters. The summed E-state index contributed by atoms with van der Waals surface area (Å²) in [6.07, 6.45) is 0. The summed E-state index contributed by atoms with van der Waals surface area (Å²) >= 11 is 0. The van der Waals surface area contributed by atoms with E-state index in [0.29, 0.717) is 0 Å². The van der Waals surface area contributed by atoms with Crippen LogP contribution in [0.25, 0.3) is 0 Å². The second-order valence-corrected chi connectivity index (χ2v) is 0. The molecule has 0 fully saturated rings. The Morgan fingerprint density at radius 1 is 0.833 bits per heavy atom. The molecule has 0 amide bonds. The molecule has 0 aromatic rings. The van der Waals surface area contributed by atoms with Crippen molar-refractivity contribution in [2.75, 3.05) is 0 Å². The summed E-state index contributed by atoms with van der Waals surface area (Å²) in [6, 6.07) is 0. The summed E-state index contributed by atoms with van der Waals surface area (Å²) in [4.78, 5) is 7.50. The van der Waals surface area contributed by atoms with Crippen molar-refractivity contribution in [2.24, 2.45) is 0 Å². The summed E-state index contributed by atoms with van der Waals surface area (Å²) in [6.45, 7) is 4.50. The minimum absolute atomic E-state index is 0. The number of halogens is 3. The van der Waals surface area contributed by atoms with Gasteiger partial charge in [-0.05, 0) is 0 Å². The quantitative estimate of drug-likeness (QED) is 0.233. The molecule has 0 aromatic carbocycles. The van der Waals surface area contributed by atoms with Gasteiger partial charge in [0.1, 0.15) is 0 Å². The summed E-state index contributed by atoms with van der Waals surface area (Å²) < 4.78 is 0. The molecule has 1 nitrogen and oxygen atoms in total. The molecule has 0 N–H and O–H groups in total. The molecule has 0 aliphatic carbocycles. The topological polar surface area (TPSA) is 17.1 Å². The van der Waals surface area contributed by atoms with Gasteiger partial charge < -0.3 is 71.9 Å². The first-order valence-corrected chi connectivity index (χ1v) is 0.204. The Morgan fingerprint density at radius 2 is 0.833 bits per heavy atom. The molecule has 0 saturated heterocycles. The van der Waals surface area contributed by atoms with Crippen LogP contribution in [-0.4, -0.2) is 6.79 Å². The van der Waals surface area contributed by atoms with Crippen LogP contribution >= 0.6 is 0 Å². The molecule has 0 heterocycles. The van der Waals surface area contributed by atoms with Gasteiger partial charge in [0, 0.05) is 0 Å². The normalized spacial score (nSPS) is 0.667. The van der Waals surface area contributed by atoms with Gasteiger partial charge in [0.25, 0.3) is 6.79 Å². The van der Waals surface area contributed by atoms with E-state index in [9.17, 15) is 0 Å². The Balaban J connectivity index is -0.000000000833. The SMILES string of the molecule is [C]=O.[I-].[I-].[I-].[Rh+3]. The standard InChI is InChI=1S/CO.3HI.Rh/c1-2;;;;/h;3*1H;/q;;;;+3/p-3. The maximum Gasteiger partial charge on any atom is 3.00 e. The van der Waals surface area contributed by atoms with Gasteiger partial charge in [-0.15, -0.1) is 0 Å². The average molecular weight is 512 g/mol. The van der Waals surface area contributed by atoms with E-state index in [0.717, 1.165) is 0 Å². The average Bonchev–Trinajstić information content (AvgIpc) is 1.00. The Hall–Kier alpha value is 2.48. The Kier molecular flexibility index (Phi) is 333. The molecule has 40 valence electrons. The van der Waals surface area contributed by atoms with Crippen LogP contribution in [0, 0.1) is 0 Å². The van der Waals surface area contributed by atoms with Crippen molar-refractivity contribution in [1.82, 2.24) is 0 Å². The van der Waals surface area contributed by atoms with Crippen molar-refractivity contribution in [2.45, 2.75) is 0 Å². The van der Waals surface area contributed by atoms with Crippen molar-refractivity contribution in [3.8, 4) is 0 Å². The number of carbonyl (C=O) groups excluding carboxylic acids is 1. The van der Waals surface area contributed by atoms with Gasteiger partial charge in [0.2, 0.25) is 0 Å². The van der Waals surface area contributed by atoms with E-state index >= 15 is 0 Å². The van der Waals surface area contributed by atoms with Crippen molar-refractivity contribution in [3.63, 3.8) is 0 Å². The maximum absolute atomic E-state index is 7.50. The third-order valence-corrected chi connectivity index (χ3v) is 0. The molecule has 0 aliphatic rings. The van der Waals surface area contributed by atoms with Crippen LogP contribution in [0.3, 0.4) is 0 Å². The summed E-state index contributed by atoms with van der Waals surface area (Å²) in [5.41, 5.74) is 0. The van der Waals surface area contributed by atoms with Crippen molar-refractivity contribution in [3.05, 3.63) is 0 Å². The number of hydrogen-bond acceptors (Lipinski definition) is 1. The monoisotopic (exact) mass is 512 g/mol. The van der Waals surface area contributed by atoms with Crippen LogP contribution in [0.4, 0.5) is 0 Å².